The molecule has 104 valence electrons. The van der Waals surface area contributed by atoms with Gasteiger partial charge in [-0.3, -0.25) is 0 Å². The first kappa shape index (κ1) is 14.9. The molecule has 0 aliphatic carbocycles. The third kappa shape index (κ3) is 3.34. The summed E-state index contributed by atoms with van der Waals surface area (Å²) in [6, 6.07) is 13.1. The van der Waals surface area contributed by atoms with Gasteiger partial charge in [-0.05, 0) is 30.0 Å². The van der Waals surface area contributed by atoms with Gasteiger partial charge in [-0.15, -0.1) is 11.8 Å². The molecule has 0 aromatic heterocycles. The van der Waals surface area contributed by atoms with Crippen molar-refractivity contribution in [1.29, 1.82) is 10.5 Å². The van der Waals surface area contributed by atoms with Crippen LogP contribution in [-0.4, -0.2) is 5.75 Å². The van der Waals surface area contributed by atoms with E-state index in [4.69, 9.17) is 10.00 Å². The lowest BCUT2D eigenvalue weighted by atomic mass is 10.2. The second kappa shape index (κ2) is 6.78. The minimum absolute atomic E-state index is 0.0434. The van der Waals surface area contributed by atoms with Crippen LogP contribution in [0.1, 0.15) is 18.1 Å². The molecule has 0 saturated carbocycles. The maximum Gasteiger partial charge on any atom is 0.146 e. The highest BCUT2D eigenvalue weighted by molar-refractivity contribution is 7.99. The number of ether oxygens (including phenoxy) is 1. The Morgan fingerprint density at radius 3 is 2.62 bits per heavy atom. The molecule has 2 aromatic rings. The molecule has 0 aliphatic heterocycles. The molecule has 0 aliphatic rings. The maximum absolute atomic E-state index is 13.6. The zero-order valence-electron chi connectivity index (χ0n) is 11.3. The molecular weight excluding hydrogens is 287 g/mol. The Kier molecular flexibility index (Phi) is 4.81. The Morgan fingerprint density at radius 1 is 1.19 bits per heavy atom. The molecule has 0 saturated heterocycles. The molecule has 0 unspecified atom stereocenters. The molecule has 2 aromatic carbocycles. The van der Waals surface area contributed by atoms with Crippen molar-refractivity contribution in [1.82, 2.24) is 0 Å². The van der Waals surface area contributed by atoms with Crippen molar-refractivity contribution in [2.75, 3.05) is 5.75 Å². The van der Waals surface area contributed by atoms with Gasteiger partial charge in [0.15, 0.2) is 0 Å². The van der Waals surface area contributed by atoms with Crippen molar-refractivity contribution < 1.29 is 9.13 Å². The Balaban J connectivity index is 2.36. The van der Waals surface area contributed by atoms with Crippen molar-refractivity contribution in [3.05, 3.63) is 53.3 Å². The van der Waals surface area contributed by atoms with Gasteiger partial charge in [0.2, 0.25) is 0 Å². The number of nitriles is 2. The average molecular weight is 298 g/mol. The number of rotatable bonds is 4. The third-order valence-corrected chi connectivity index (χ3v) is 3.63. The van der Waals surface area contributed by atoms with Crippen molar-refractivity contribution in [2.45, 2.75) is 11.8 Å². The normalized spacial score (nSPS) is 9.71. The summed E-state index contributed by atoms with van der Waals surface area (Å²) < 4.78 is 19.1. The number of halogens is 1. The van der Waals surface area contributed by atoms with Crippen LogP contribution < -0.4 is 4.74 Å². The molecule has 0 fully saturated rings. The van der Waals surface area contributed by atoms with E-state index in [9.17, 15) is 9.65 Å². The van der Waals surface area contributed by atoms with Gasteiger partial charge in [-0.25, -0.2) is 4.39 Å². The molecule has 0 amide bonds. The van der Waals surface area contributed by atoms with E-state index in [0.717, 1.165) is 16.7 Å². The zero-order chi connectivity index (χ0) is 15.2. The monoisotopic (exact) mass is 298 g/mol. The summed E-state index contributed by atoms with van der Waals surface area (Å²) in [6.45, 7) is 2.00. The van der Waals surface area contributed by atoms with E-state index in [1.54, 1.807) is 30.0 Å². The van der Waals surface area contributed by atoms with Gasteiger partial charge >= 0.3 is 0 Å². The first-order valence-electron chi connectivity index (χ1n) is 6.23. The SMILES string of the molecule is CCSc1cccc(Oc2ccc(C#N)c(F)c2)c1C#N. The highest BCUT2D eigenvalue weighted by atomic mass is 32.2. The zero-order valence-corrected chi connectivity index (χ0v) is 12.1. The maximum atomic E-state index is 13.6. The van der Waals surface area contributed by atoms with Crippen LogP contribution >= 0.6 is 11.8 Å². The standard InChI is InChI=1S/C16H11FN2OS/c1-2-21-16-5-3-4-15(13(16)10-19)20-12-7-6-11(9-18)14(17)8-12/h3-8H,2H2,1H3. The summed E-state index contributed by atoms with van der Waals surface area (Å²) in [5, 5.41) is 18.0. The molecule has 0 atom stereocenters. The Labute approximate surface area is 126 Å². The summed E-state index contributed by atoms with van der Waals surface area (Å²) in [6.07, 6.45) is 0. The van der Waals surface area contributed by atoms with Gasteiger partial charge in [0.05, 0.1) is 5.56 Å². The van der Waals surface area contributed by atoms with Crippen LogP contribution in [0.15, 0.2) is 41.3 Å². The largest absolute Gasteiger partial charge is 0.456 e. The van der Waals surface area contributed by atoms with Crippen molar-refractivity contribution in [3.8, 4) is 23.6 Å². The predicted molar refractivity (Wildman–Crippen MR) is 78.7 cm³/mol. The second-order valence-electron chi connectivity index (χ2n) is 4.03. The van der Waals surface area contributed by atoms with E-state index < -0.39 is 5.82 Å². The third-order valence-electron chi connectivity index (χ3n) is 2.69. The molecule has 0 N–H and O–H groups in total. The Bertz CT molecular complexity index is 747. The lowest BCUT2D eigenvalue weighted by Crippen LogP contribution is -1.92. The number of hydrogen-bond donors (Lipinski definition) is 0. The lowest BCUT2D eigenvalue weighted by molar-refractivity contribution is 0.473. The lowest BCUT2D eigenvalue weighted by Gasteiger charge is -2.10. The quantitative estimate of drug-likeness (QED) is 0.781. The molecule has 0 bridgehead atoms. The first-order chi connectivity index (χ1) is 10.2. The molecule has 0 radical (unpaired) electrons. The fourth-order valence-corrected chi connectivity index (χ4v) is 2.54. The molecule has 21 heavy (non-hydrogen) atoms. The molecule has 3 nitrogen and oxygen atoms in total. The fourth-order valence-electron chi connectivity index (χ4n) is 1.76. The minimum atomic E-state index is -0.646. The second-order valence-corrected chi connectivity index (χ2v) is 5.34. The van der Waals surface area contributed by atoms with E-state index in [2.05, 4.69) is 6.07 Å². The number of hydrogen-bond acceptors (Lipinski definition) is 4. The van der Waals surface area contributed by atoms with Crippen LogP contribution in [0.3, 0.4) is 0 Å². The molecule has 0 heterocycles. The van der Waals surface area contributed by atoms with Gasteiger partial charge in [0.25, 0.3) is 0 Å². The van der Waals surface area contributed by atoms with Crippen LogP contribution in [0.25, 0.3) is 0 Å². The minimum Gasteiger partial charge on any atom is -0.456 e. The van der Waals surface area contributed by atoms with Gasteiger partial charge in [-0.2, -0.15) is 10.5 Å². The average Bonchev–Trinajstić information content (AvgIpc) is 2.48. The van der Waals surface area contributed by atoms with Gasteiger partial charge < -0.3 is 4.74 Å². The highest BCUT2D eigenvalue weighted by Gasteiger charge is 2.11. The van der Waals surface area contributed by atoms with Gasteiger partial charge in [0, 0.05) is 11.0 Å². The first-order valence-corrected chi connectivity index (χ1v) is 7.21. The van der Waals surface area contributed by atoms with Crippen LogP contribution in [0, 0.1) is 28.5 Å². The Morgan fingerprint density at radius 2 is 2.00 bits per heavy atom. The smallest absolute Gasteiger partial charge is 0.146 e. The molecular formula is C16H11FN2OS. The van der Waals surface area contributed by atoms with E-state index in [1.165, 1.54) is 12.1 Å². The van der Waals surface area contributed by atoms with Gasteiger partial charge in [0.1, 0.15) is 35.0 Å². The van der Waals surface area contributed by atoms with E-state index in [0.29, 0.717) is 11.3 Å². The number of benzene rings is 2. The topological polar surface area (TPSA) is 56.8 Å². The number of nitrogens with zero attached hydrogens (tertiary/aromatic N) is 2. The van der Waals surface area contributed by atoms with E-state index in [1.807, 2.05) is 13.0 Å². The van der Waals surface area contributed by atoms with Crippen LogP contribution in [0.2, 0.25) is 0 Å². The van der Waals surface area contributed by atoms with Crippen molar-refractivity contribution in [3.63, 3.8) is 0 Å². The summed E-state index contributed by atoms with van der Waals surface area (Å²) in [7, 11) is 0. The summed E-state index contributed by atoms with van der Waals surface area (Å²) in [4.78, 5) is 0.826. The summed E-state index contributed by atoms with van der Waals surface area (Å²) in [5.41, 5.74) is 0.382. The molecule has 5 heteroatoms. The molecule has 2 rings (SSSR count). The van der Waals surface area contributed by atoms with Crippen molar-refractivity contribution in [2.24, 2.45) is 0 Å². The molecule has 0 spiro atoms. The van der Waals surface area contributed by atoms with E-state index >= 15 is 0 Å². The summed E-state index contributed by atoms with van der Waals surface area (Å²) >= 11 is 1.54. The van der Waals surface area contributed by atoms with Crippen LogP contribution in [0.4, 0.5) is 4.39 Å². The Hall–Kier alpha value is -2.50. The van der Waals surface area contributed by atoms with Gasteiger partial charge in [-0.1, -0.05) is 13.0 Å². The highest BCUT2D eigenvalue weighted by Crippen LogP contribution is 2.32. The van der Waals surface area contributed by atoms with Crippen LogP contribution in [-0.2, 0) is 0 Å². The summed E-state index contributed by atoms with van der Waals surface area (Å²) in [5.74, 6) is 0.818. The van der Waals surface area contributed by atoms with Crippen LogP contribution in [0.5, 0.6) is 11.5 Å². The predicted octanol–water partition coefficient (Wildman–Crippen LogP) is 4.47. The fraction of sp³-hybridized carbons (Fsp3) is 0.125. The van der Waals surface area contributed by atoms with E-state index in [-0.39, 0.29) is 11.3 Å². The number of thioether (sulfide) groups is 1. The van der Waals surface area contributed by atoms with Crippen molar-refractivity contribution >= 4 is 11.8 Å².